The first-order valence-corrected chi connectivity index (χ1v) is 5.94. The molecule has 1 aliphatic carbocycles. The minimum absolute atomic E-state index is 0.0138. The molecule has 0 aromatic heterocycles. The summed E-state index contributed by atoms with van der Waals surface area (Å²) in [5.41, 5.74) is -0.498. The Balaban J connectivity index is 2.47. The van der Waals surface area contributed by atoms with E-state index in [4.69, 9.17) is 4.74 Å². The molecule has 0 fully saturated rings. The lowest BCUT2D eigenvalue weighted by Crippen LogP contribution is -2.40. The van der Waals surface area contributed by atoms with Crippen molar-refractivity contribution in [1.82, 2.24) is 5.32 Å². The van der Waals surface area contributed by atoms with E-state index in [0.717, 1.165) is 6.42 Å². The van der Waals surface area contributed by atoms with Crippen LogP contribution in [0.15, 0.2) is 12.2 Å². The van der Waals surface area contributed by atoms with Gasteiger partial charge in [-0.25, -0.2) is 4.79 Å². The number of ketones is 1. The molecule has 1 rings (SSSR count). The largest absolute Gasteiger partial charge is 0.444 e. The van der Waals surface area contributed by atoms with Gasteiger partial charge in [0.2, 0.25) is 0 Å². The highest BCUT2D eigenvalue weighted by molar-refractivity contribution is 5.79. The van der Waals surface area contributed by atoms with Gasteiger partial charge in [-0.15, -0.1) is 0 Å². The molecule has 0 heterocycles. The maximum absolute atomic E-state index is 11.6. The number of hydrogen-bond donors (Lipinski definition) is 1. The highest BCUT2D eigenvalue weighted by atomic mass is 16.6. The number of rotatable bonds is 2. The van der Waals surface area contributed by atoms with Gasteiger partial charge in [0.25, 0.3) is 0 Å². The van der Waals surface area contributed by atoms with Crippen LogP contribution in [0.4, 0.5) is 4.79 Å². The number of alkyl carbamates (subject to hydrolysis) is 1. The molecule has 1 aliphatic rings. The zero-order chi connectivity index (χ0) is 13.1. The molecule has 96 valence electrons. The van der Waals surface area contributed by atoms with Crippen LogP contribution in [0.1, 0.15) is 40.5 Å². The van der Waals surface area contributed by atoms with Crippen molar-refractivity contribution < 1.29 is 14.3 Å². The lowest BCUT2D eigenvalue weighted by atomic mass is 9.88. The molecular weight excluding hydrogens is 218 g/mol. The van der Waals surface area contributed by atoms with Gasteiger partial charge in [0.15, 0.2) is 0 Å². The minimum Gasteiger partial charge on any atom is -0.444 e. The lowest BCUT2D eigenvalue weighted by Gasteiger charge is -2.26. The van der Waals surface area contributed by atoms with Gasteiger partial charge in [-0.3, -0.25) is 4.79 Å². The molecule has 4 nitrogen and oxygen atoms in total. The summed E-state index contributed by atoms with van der Waals surface area (Å²) in [6, 6.07) is -0.104. The molecule has 0 aromatic carbocycles. The predicted molar refractivity (Wildman–Crippen MR) is 65.7 cm³/mol. The van der Waals surface area contributed by atoms with Gasteiger partial charge in [0.05, 0.1) is 6.04 Å². The maximum atomic E-state index is 11.6. The summed E-state index contributed by atoms with van der Waals surface area (Å²) >= 11 is 0. The fourth-order valence-electron chi connectivity index (χ4n) is 1.79. The summed E-state index contributed by atoms with van der Waals surface area (Å²) < 4.78 is 5.17. The van der Waals surface area contributed by atoms with Crippen molar-refractivity contribution in [2.45, 2.75) is 52.2 Å². The topological polar surface area (TPSA) is 55.4 Å². The summed E-state index contributed by atoms with van der Waals surface area (Å²) in [7, 11) is 0. The highest BCUT2D eigenvalue weighted by Crippen LogP contribution is 2.20. The Bertz CT molecular complexity index is 328. The van der Waals surface area contributed by atoms with Crippen molar-refractivity contribution in [1.29, 1.82) is 0 Å². The van der Waals surface area contributed by atoms with Crippen LogP contribution in [-0.4, -0.2) is 23.5 Å². The standard InChI is InChI=1S/C13H21NO3/c1-9(15)10-6-5-7-11(8-10)14-12(16)17-13(2,3)4/h5,7,10-11H,6,8H2,1-4H3,(H,14,16)/t10-,11-/m1/s1. The molecule has 2 atom stereocenters. The molecule has 0 aromatic rings. The van der Waals surface area contributed by atoms with Crippen LogP contribution in [0.3, 0.4) is 0 Å². The predicted octanol–water partition coefficient (Wildman–Crippen LogP) is 2.43. The van der Waals surface area contributed by atoms with E-state index in [1.165, 1.54) is 0 Å². The fraction of sp³-hybridized carbons (Fsp3) is 0.692. The van der Waals surface area contributed by atoms with Crippen molar-refractivity contribution in [3.8, 4) is 0 Å². The van der Waals surface area contributed by atoms with E-state index < -0.39 is 11.7 Å². The van der Waals surface area contributed by atoms with Crippen molar-refractivity contribution in [3.05, 3.63) is 12.2 Å². The van der Waals surface area contributed by atoms with Gasteiger partial charge in [0, 0.05) is 5.92 Å². The monoisotopic (exact) mass is 239 g/mol. The summed E-state index contributed by atoms with van der Waals surface area (Å²) in [5, 5.41) is 2.76. The third-order valence-electron chi connectivity index (χ3n) is 2.60. The lowest BCUT2D eigenvalue weighted by molar-refractivity contribution is -0.121. The highest BCUT2D eigenvalue weighted by Gasteiger charge is 2.24. The van der Waals surface area contributed by atoms with Crippen LogP contribution in [-0.2, 0) is 9.53 Å². The Hall–Kier alpha value is -1.32. The molecule has 17 heavy (non-hydrogen) atoms. The van der Waals surface area contributed by atoms with E-state index in [9.17, 15) is 9.59 Å². The number of allylic oxidation sites excluding steroid dienone is 1. The molecule has 0 saturated carbocycles. The zero-order valence-electron chi connectivity index (χ0n) is 10.9. The smallest absolute Gasteiger partial charge is 0.408 e. The first-order valence-electron chi connectivity index (χ1n) is 5.94. The average Bonchev–Trinajstić information content (AvgIpc) is 2.14. The van der Waals surface area contributed by atoms with Crippen molar-refractivity contribution in [2.75, 3.05) is 0 Å². The minimum atomic E-state index is -0.498. The van der Waals surface area contributed by atoms with Gasteiger partial charge in [-0.2, -0.15) is 0 Å². The molecule has 1 amide bonds. The normalized spacial score (nSPS) is 24.2. The fourth-order valence-corrected chi connectivity index (χ4v) is 1.79. The molecule has 1 N–H and O–H groups in total. The van der Waals surface area contributed by atoms with Crippen LogP contribution in [0, 0.1) is 5.92 Å². The first kappa shape index (κ1) is 13.7. The van der Waals surface area contributed by atoms with Gasteiger partial charge >= 0.3 is 6.09 Å². The second kappa shape index (κ2) is 5.34. The number of ether oxygens (including phenoxy) is 1. The third-order valence-corrected chi connectivity index (χ3v) is 2.60. The SMILES string of the molecule is CC(=O)[C@@H]1CC=C[C@@H](NC(=O)OC(C)(C)C)C1. The molecule has 0 bridgehead atoms. The Kier molecular flexibility index (Phi) is 4.32. The second-order valence-corrected chi connectivity index (χ2v) is 5.46. The van der Waals surface area contributed by atoms with E-state index in [1.54, 1.807) is 6.92 Å². The first-order chi connectivity index (χ1) is 7.78. The Labute approximate surface area is 102 Å². The number of nitrogens with one attached hydrogen (secondary N) is 1. The summed E-state index contributed by atoms with van der Waals surface area (Å²) in [5.74, 6) is 0.185. The number of amides is 1. The Morgan fingerprint density at radius 3 is 2.53 bits per heavy atom. The third kappa shape index (κ3) is 5.02. The number of carbonyl (C=O) groups is 2. The zero-order valence-corrected chi connectivity index (χ0v) is 10.9. The number of carbonyl (C=O) groups excluding carboxylic acids is 2. The van der Waals surface area contributed by atoms with Crippen LogP contribution in [0.25, 0.3) is 0 Å². The van der Waals surface area contributed by atoms with Crippen molar-refractivity contribution in [3.63, 3.8) is 0 Å². The van der Waals surface area contributed by atoms with E-state index >= 15 is 0 Å². The second-order valence-electron chi connectivity index (χ2n) is 5.46. The Morgan fingerprint density at radius 1 is 1.35 bits per heavy atom. The molecule has 4 heteroatoms. The summed E-state index contributed by atoms with van der Waals surface area (Å²) in [4.78, 5) is 22.8. The van der Waals surface area contributed by atoms with Crippen LogP contribution in [0.2, 0.25) is 0 Å². The number of hydrogen-bond acceptors (Lipinski definition) is 3. The van der Waals surface area contributed by atoms with Gasteiger partial charge in [-0.1, -0.05) is 12.2 Å². The van der Waals surface area contributed by atoms with Crippen molar-refractivity contribution >= 4 is 11.9 Å². The van der Waals surface area contributed by atoms with Crippen LogP contribution >= 0.6 is 0 Å². The molecule has 0 spiro atoms. The van der Waals surface area contributed by atoms with E-state index in [2.05, 4.69) is 5.32 Å². The van der Waals surface area contributed by atoms with Crippen LogP contribution < -0.4 is 5.32 Å². The van der Waals surface area contributed by atoms with E-state index in [-0.39, 0.29) is 17.7 Å². The average molecular weight is 239 g/mol. The maximum Gasteiger partial charge on any atom is 0.408 e. The molecule has 0 radical (unpaired) electrons. The summed E-state index contributed by atoms with van der Waals surface area (Å²) in [6.07, 6.45) is 4.85. The van der Waals surface area contributed by atoms with Gasteiger partial charge < -0.3 is 10.1 Å². The molecule has 0 saturated heterocycles. The molecular formula is C13H21NO3. The molecule has 0 unspecified atom stereocenters. The quantitative estimate of drug-likeness (QED) is 0.753. The van der Waals surface area contributed by atoms with Gasteiger partial charge in [-0.05, 0) is 40.5 Å². The summed E-state index contributed by atoms with van der Waals surface area (Å²) in [6.45, 7) is 7.05. The molecule has 0 aliphatic heterocycles. The Morgan fingerprint density at radius 2 is 2.00 bits per heavy atom. The van der Waals surface area contributed by atoms with Gasteiger partial charge in [0.1, 0.15) is 11.4 Å². The number of Topliss-reactive ketones (excluding diaryl/α,β-unsaturated/α-hetero) is 1. The van der Waals surface area contributed by atoms with Crippen LogP contribution in [0.5, 0.6) is 0 Å². The van der Waals surface area contributed by atoms with E-state index in [0.29, 0.717) is 6.42 Å². The van der Waals surface area contributed by atoms with Crippen molar-refractivity contribution in [2.24, 2.45) is 5.92 Å². The van der Waals surface area contributed by atoms with E-state index in [1.807, 2.05) is 32.9 Å².